The van der Waals surface area contributed by atoms with Crippen LogP contribution in [0.15, 0.2) is 48.5 Å². The number of benzene rings is 3. The van der Waals surface area contributed by atoms with Gasteiger partial charge in [0, 0.05) is 5.56 Å². The summed E-state index contributed by atoms with van der Waals surface area (Å²) in [5, 5.41) is 0. The third-order valence-corrected chi connectivity index (χ3v) is 7.14. The van der Waals surface area contributed by atoms with Crippen LogP contribution in [0.2, 0.25) is 0 Å². The molecule has 0 radical (unpaired) electrons. The summed E-state index contributed by atoms with van der Waals surface area (Å²) in [5.74, 6) is -2.32. The average molecular weight is 455 g/mol. The highest BCUT2D eigenvalue weighted by atomic mass is 19.2. The number of hydrogen-bond donors (Lipinski definition) is 0. The van der Waals surface area contributed by atoms with Crippen molar-refractivity contribution in [2.75, 3.05) is 0 Å². The van der Waals surface area contributed by atoms with E-state index < -0.39 is 23.3 Å². The summed E-state index contributed by atoms with van der Waals surface area (Å²) in [6, 6.07) is 13.8. The molecule has 1 aliphatic carbocycles. The number of hydrogen-bond acceptors (Lipinski definition) is 0. The summed E-state index contributed by atoms with van der Waals surface area (Å²) in [4.78, 5) is 0. The van der Waals surface area contributed by atoms with Crippen LogP contribution >= 0.6 is 0 Å². The van der Waals surface area contributed by atoms with Gasteiger partial charge in [-0.05, 0) is 71.8 Å². The lowest BCUT2D eigenvalue weighted by Crippen LogP contribution is -2.13. The summed E-state index contributed by atoms with van der Waals surface area (Å²) in [7, 11) is 0. The Balaban J connectivity index is 1.45. The zero-order valence-corrected chi connectivity index (χ0v) is 19.2. The summed E-state index contributed by atoms with van der Waals surface area (Å²) in [6.45, 7) is 3.99. The Morgan fingerprint density at radius 3 is 1.97 bits per heavy atom. The second-order valence-corrected chi connectivity index (χ2v) is 9.35. The van der Waals surface area contributed by atoms with Crippen molar-refractivity contribution in [3.05, 3.63) is 94.1 Å². The maximum absolute atomic E-state index is 14.8. The second-order valence-electron chi connectivity index (χ2n) is 9.35. The molecule has 0 spiro atoms. The minimum absolute atomic E-state index is 0.105. The van der Waals surface area contributed by atoms with Crippen LogP contribution in [0, 0.1) is 29.2 Å². The van der Waals surface area contributed by atoms with E-state index in [0.29, 0.717) is 47.4 Å². The predicted octanol–water partition coefficient (Wildman–Crippen LogP) is 8.55. The topological polar surface area (TPSA) is 0 Å². The van der Waals surface area contributed by atoms with Gasteiger partial charge in [-0.1, -0.05) is 75.2 Å². The molecule has 0 nitrogen and oxygen atoms in total. The molecular formula is C29H30F4. The highest BCUT2D eigenvalue weighted by Crippen LogP contribution is 2.37. The Hall–Kier alpha value is -2.62. The Labute approximate surface area is 193 Å². The third-order valence-electron chi connectivity index (χ3n) is 7.14. The van der Waals surface area contributed by atoms with E-state index in [1.165, 1.54) is 0 Å². The largest absolute Gasteiger partial charge is 0.203 e. The highest BCUT2D eigenvalue weighted by molar-refractivity contribution is 5.65. The van der Waals surface area contributed by atoms with E-state index in [9.17, 15) is 17.6 Å². The van der Waals surface area contributed by atoms with Gasteiger partial charge in [0.05, 0.1) is 0 Å². The van der Waals surface area contributed by atoms with Gasteiger partial charge in [-0.2, -0.15) is 0 Å². The van der Waals surface area contributed by atoms with Gasteiger partial charge < -0.3 is 0 Å². The van der Waals surface area contributed by atoms with Crippen molar-refractivity contribution in [2.45, 2.75) is 64.7 Å². The molecule has 1 fully saturated rings. The molecule has 0 atom stereocenters. The zero-order valence-electron chi connectivity index (χ0n) is 19.2. The molecule has 4 rings (SSSR count). The Morgan fingerprint density at radius 1 is 0.667 bits per heavy atom. The minimum atomic E-state index is -0.841. The third kappa shape index (κ3) is 5.00. The summed E-state index contributed by atoms with van der Waals surface area (Å²) in [6.07, 6.45) is 5.27. The van der Waals surface area contributed by atoms with Crippen LogP contribution in [-0.2, 0) is 19.3 Å². The van der Waals surface area contributed by atoms with E-state index in [4.69, 9.17) is 0 Å². The van der Waals surface area contributed by atoms with Gasteiger partial charge >= 0.3 is 0 Å². The number of aryl methyl sites for hydroxylation is 3. The fourth-order valence-electron chi connectivity index (χ4n) is 4.90. The van der Waals surface area contributed by atoms with Crippen LogP contribution in [0.4, 0.5) is 17.6 Å². The smallest absolute Gasteiger partial charge is 0.166 e. The fourth-order valence-corrected chi connectivity index (χ4v) is 4.90. The molecule has 0 unspecified atom stereocenters. The molecule has 0 saturated heterocycles. The molecule has 33 heavy (non-hydrogen) atoms. The summed E-state index contributed by atoms with van der Waals surface area (Å²) >= 11 is 0. The van der Waals surface area contributed by atoms with Crippen molar-refractivity contribution in [3.8, 4) is 11.1 Å². The standard InChI is InChI=1S/C29H30F4/c1-3-20-14-16-24(28(32)26(20)30)22-11-6-19(7-12-22)8-13-23-15-17-25(29(33)27(23)31)21-9-4-18(2)5-10-21/h6-7,11-12,14-18,21H,3-5,8-10,13H2,1-2H3. The summed E-state index contributed by atoms with van der Waals surface area (Å²) in [5.41, 5.74) is 2.96. The van der Waals surface area contributed by atoms with E-state index in [-0.39, 0.29) is 11.5 Å². The highest BCUT2D eigenvalue weighted by Gasteiger charge is 2.24. The molecule has 174 valence electrons. The molecule has 0 amide bonds. The zero-order chi connectivity index (χ0) is 23.5. The van der Waals surface area contributed by atoms with E-state index in [1.807, 2.05) is 12.1 Å². The molecule has 0 bridgehead atoms. The van der Waals surface area contributed by atoms with Gasteiger partial charge in [-0.3, -0.25) is 0 Å². The van der Waals surface area contributed by atoms with Crippen LogP contribution in [0.1, 0.15) is 67.7 Å². The van der Waals surface area contributed by atoms with Crippen molar-refractivity contribution in [3.63, 3.8) is 0 Å². The van der Waals surface area contributed by atoms with Crippen LogP contribution < -0.4 is 0 Å². The molecular weight excluding hydrogens is 424 g/mol. The van der Waals surface area contributed by atoms with Gasteiger partial charge in [-0.25, -0.2) is 17.6 Å². The predicted molar refractivity (Wildman–Crippen MR) is 125 cm³/mol. The molecule has 3 aromatic rings. The van der Waals surface area contributed by atoms with Crippen molar-refractivity contribution < 1.29 is 17.6 Å². The van der Waals surface area contributed by atoms with Gasteiger partial charge in [0.1, 0.15) is 0 Å². The molecule has 0 aromatic heterocycles. The fraction of sp³-hybridized carbons (Fsp3) is 0.379. The van der Waals surface area contributed by atoms with E-state index >= 15 is 0 Å². The molecule has 1 aliphatic rings. The molecule has 0 N–H and O–H groups in total. The van der Waals surface area contributed by atoms with Crippen molar-refractivity contribution in [2.24, 2.45) is 5.92 Å². The minimum Gasteiger partial charge on any atom is -0.203 e. The number of halogens is 4. The average Bonchev–Trinajstić information content (AvgIpc) is 2.83. The lowest BCUT2D eigenvalue weighted by atomic mass is 9.79. The normalized spacial score (nSPS) is 18.5. The van der Waals surface area contributed by atoms with Crippen LogP contribution in [0.25, 0.3) is 11.1 Å². The first-order valence-corrected chi connectivity index (χ1v) is 11.9. The lowest BCUT2D eigenvalue weighted by Gasteiger charge is -2.27. The van der Waals surface area contributed by atoms with Gasteiger partial charge in [0.15, 0.2) is 23.3 Å². The molecule has 4 heteroatoms. The monoisotopic (exact) mass is 454 g/mol. The summed E-state index contributed by atoms with van der Waals surface area (Å²) < 4.78 is 58.1. The molecule has 0 aliphatic heterocycles. The van der Waals surface area contributed by atoms with E-state index in [0.717, 1.165) is 31.2 Å². The second kappa shape index (κ2) is 10.1. The molecule has 1 saturated carbocycles. The van der Waals surface area contributed by atoms with Crippen LogP contribution in [0.3, 0.4) is 0 Å². The first-order valence-electron chi connectivity index (χ1n) is 11.9. The van der Waals surface area contributed by atoms with Crippen LogP contribution in [0.5, 0.6) is 0 Å². The maximum atomic E-state index is 14.8. The van der Waals surface area contributed by atoms with Crippen molar-refractivity contribution in [1.29, 1.82) is 0 Å². The number of rotatable bonds is 6. The quantitative estimate of drug-likeness (QED) is 0.327. The first-order chi connectivity index (χ1) is 15.9. The SMILES string of the molecule is CCc1ccc(-c2ccc(CCc3ccc(C4CCC(C)CC4)c(F)c3F)cc2)c(F)c1F. The van der Waals surface area contributed by atoms with Gasteiger partial charge in [-0.15, -0.1) is 0 Å². The molecule has 3 aromatic carbocycles. The first kappa shape index (κ1) is 23.5. The van der Waals surface area contributed by atoms with Crippen LogP contribution in [-0.4, -0.2) is 0 Å². The van der Waals surface area contributed by atoms with Crippen molar-refractivity contribution >= 4 is 0 Å². The lowest BCUT2D eigenvalue weighted by molar-refractivity contribution is 0.339. The molecule has 0 heterocycles. The Morgan fingerprint density at radius 2 is 1.30 bits per heavy atom. The van der Waals surface area contributed by atoms with Gasteiger partial charge in [0.2, 0.25) is 0 Å². The van der Waals surface area contributed by atoms with Gasteiger partial charge in [0.25, 0.3) is 0 Å². The Bertz CT molecular complexity index is 1110. The van der Waals surface area contributed by atoms with E-state index in [2.05, 4.69) is 6.92 Å². The van der Waals surface area contributed by atoms with E-state index in [1.54, 1.807) is 43.3 Å². The maximum Gasteiger partial charge on any atom is 0.166 e. The van der Waals surface area contributed by atoms with Crippen molar-refractivity contribution in [1.82, 2.24) is 0 Å². The Kier molecular flexibility index (Phi) is 7.21.